The number of thiol groups is 1. The maximum absolute atomic E-state index is 11.1. The molecule has 116 valence electrons. The van der Waals surface area contributed by atoms with Crippen LogP contribution in [0.2, 0.25) is 5.02 Å². The van der Waals surface area contributed by atoms with Crippen LogP contribution >= 0.6 is 40.2 Å². The summed E-state index contributed by atoms with van der Waals surface area (Å²) in [4.78, 5) is 10.6. The van der Waals surface area contributed by atoms with Gasteiger partial charge in [-0.1, -0.05) is 11.6 Å². The molecule has 1 saturated heterocycles. The zero-order chi connectivity index (χ0) is 15.5. The Hall–Kier alpha value is -0.500. The average molecular weight is 397 g/mol. The van der Waals surface area contributed by atoms with Crippen LogP contribution in [0.25, 0.3) is 0 Å². The number of benzene rings is 1. The van der Waals surface area contributed by atoms with E-state index in [2.05, 4.69) is 28.6 Å². The van der Waals surface area contributed by atoms with Crippen molar-refractivity contribution in [2.45, 2.75) is 12.8 Å². The van der Waals surface area contributed by atoms with E-state index in [0.29, 0.717) is 30.0 Å². The Labute approximate surface area is 141 Å². The summed E-state index contributed by atoms with van der Waals surface area (Å²) in [5, 5.41) is 11.4. The standard InChI is InChI=1S/C13H15BrClNO4S/c14-10-5-9(15)6-11(16(17)18)12(10)20-7-13(8-21)1-3-19-4-2-13/h5-6,21H,1-4,7-8H2. The van der Waals surface area contributed by atoms with Gasteiger partial charge in [-0.05, 0) is 40.6 Å². The molecule has 1 aliphatic rings. The highest BCUT2D eigenvalue weighted by Crippen LogP contribution is 2.40. The maximum atomic E-state index is 11.1. The third-order valence-corrected chi connectivity index (χ3v) is 5.08. The van der Waals surface area contributed by atoms with Crippen molar-refractivity contribution in [1.82, 2.24) is 0 Å². The summed E-state index contributed by atoms with van der Waals surface area (Å²) in [7, 11) is 0. The Bertz CT molecular complexity index is 537. The lowest BCUT2D eigenvalue weighted by atomic mass is 9.83. The van der Waals surface area contributed by atoms with Crippen molar-refractivity contribution < 1.29 is 14.4 Å². The van der Waals surface area contributed by atoms with Crippen molar-refractivity contribution in [3.8, 4) is 5.75 Å². The number of halogens is 2. The fraction of sp³-hybridized carbons (Fsp3) is 0.538. The summed E-state index contributed by atoms with van der Waals surface area (Å²) in [6.45, 7) is 1.68. The Balaban J connectivity index is 2.21. The number of rotatable bonds is 5. The number of hydrogen-bond acceptors (Lipinski definition) is 5. The van der Waals surface area contributed by atoms with Gasteiger partial charge in [0.15, 0.2) is 0 Å². The summed E-state index contributed by atoms with van der Waals surface area (Å²) in [5.74, 6) is 0.854. The smallest absolute Gasteiger partial charge is 0.313 e. The molecule has 5 nitrogen and oxygen atoms in total. The molecule has 8 heteroatoms. The molecule has 0 spiro atoms. The van der Waals surface area contributed by atoms with Gasteiger partial charge in [-0.3, -0.25) is 10.1 Å². The number of hydrogen-bond donors (Lipinski definition) is 1. The van der Waals surface area contributed by atoms with E-state index < -0.39 is 4.92 Å². The van der Waals surface area contributed by atoms with E-state index in [1.165, 1.54) is 6.07 Å². The molecule has 0 unspecified atom stereocenters. The molecule has 21 heavy (non-hydrogen) atoms. The van der Waals surface area contributed by atoms with Crippen LogP contribution in [-0.2, 0) is 4.74 Å². The Kier molecular flexibility index (Phi) is 5.76. The molecule has 0 aromatic heterocycles. The third-order valence-electron chi connectivity index (χ3n) is 3.60. The van der Waals surface area contributed by atoms with Crippen LogP contribution in [0.4, 0.5) is 5.69 Å². The highest BCUT2D eigenvalue weighted by atomic mass is 79.9. The van der Waals surface area contributed by atoms with Gasteiger partial charge in [-0.15, -0.1) is 0 Å². The lowest BCUT2D eigenvalue weighted by Crippen LogP contribution is -2.37. The minimum atomic E-state index is -0.497. The molecule has 0 bridgehead atoms. The molecule has 1 fully saturated rings. The van der Waals surface area contributed by atoms with Crippen LogP contribution < -0.4 is 4.74 Å². The monoisotopic (exact) mass is 395 g/mol. The zero-order valence-electron chi connectivity index (χ0n) is 11.2. The van der Waals surface area contributed by atoms with Gasteiger partial charge < -0.3 is 9.47 Å². The zero-order valence-corrected chi connectivity index (χ0v) is 14.4. The quantitative estimate of drug-likeness (QED) is 0.462. The molecular formula is C13H15BrClNO4S. The van der Waals surface area contributed by atoms with Crippen molar-refractivity contribution >= 4 is 45.8 Å². The second-order valence-electron chi connectivity index (χ2n) is 5.05. The van der Waals surface area contributed by atoms with Crippen molar-refractivity contribution in [2.24, 2.45) is 5.41 Å². The first-order valence-corrected chi connectivity index (χ1v) is 8.23. The van der Waals surface area contributed by atoms with Gasteiger partial charge in [0, 0.05) is 29.7 Å². The van der Waals surface area contributed by atoms with Gasteiger partial charge in [0.25, 0.3) is 0 Å². The highest BCUT2D eigenvalue weighted by Gasteiger charge is 2.33. The molecule has 1 aromatic carbocycles. The van der Waals surface area contributed by atoms with E-state index in [1.54, 1.807) is 6.07 Å². The van der Waals surface area contributed by atoms with E-state index in [4.69, 9.17) is 21.1 Å². The van der Waals surface area contributed by atoms with Crippen LogP contribution in [0, 0.1) is 15.5 Å². The Morgan fingerprint density at radius 2 is 2.14 bits per heavy atom. The largest absolute Gasteiger partial charge is 0.485 e. The first kappa shape index (κ1) is 16.9. The summed E-state index contributed by atoms with van der Waals surface area (Å²) in [6.07, 6.45) is 1.66. The second-order valence-corrected chi connectivity index (χ2v) is 6.66. The fourth-order valence-electron chi connectivity index (χ4n) is 2.20. The molecule has 0 saturated carbocycles. The van der Waals surface area contributed by atoms with Crippen molar-refractivity contribution in [2.75, 3.05) is 25.6 Å². The van der Waals surface area contributed by atoms with Gasteiger partial charge in [-0.2, -0.15) is 12.6 Å². The molecule has 1 aliphatic heterocycles. The summed E-state index contributed by atoms with van der Waals surface area (Å²) in [6, 6.07) is 2.88. The summed E-state index contributed by atoms with van der Waals surface area (Å²) < 4.78 is 11.6. The molecule has 1 heterocycles. The van der Waals surface area contributed by atoms with Crippen LogP contribution in [0.15, 0.2) is 16.6 Å². The molecule has 0 radical (unpaired) electrons. The molecule has 0 amide bonds. The molecular weight excluding hydrogens is 382 g/mol. The Morgan fingerprint density at radius 3 is 2.71 bits per heavy atom. The number of nitrogens with zero attached hydrogens (tertiary/aromatic N) is 1. The SMILES string of the molecule is O=[N+]([O-])c1cc(Cl)cc(Br)c1OCC1(CS)CCOCC1. The predicted octanol–water partition coefficient (Wildman–Crippen LogP) is 4.12. The first-order valence-electron chi connectivity index (χ1n) is 6.42. The van der Waals surface area contributed by atoms with Gasteiger partial charge in [-0.25, -0.2) is 0 Å². The lowest BCUT2D eigenvalue weighted by molar-refractivity contribution is -0.386. The van der Waals surface area contributed by atoms with Crippen molar-refractivity contribution in [3.05, 3.63) is 31.7 Å². The Morgan fingerprint density at radius 1 is 1.48 bits per heavy atom. The van der Waals surface area contributed by atoms with Crippen LogP contribution in [0.3, 0.4) is 0 Å². The van der Waals surface area contributed by atoms with Gasteiger partial charge in [0.1, 0.15) is 0 Å². The minimum Gasteiger partial charge on any atom is -0.485 e. The topological polar surface area (TPSA) is 61.6 Å². The molecule has 0 atom stereocenters. The summed E-state index contributed by atoms with van der Waals surface area (Å²) >= 11 is 13.5. The van der Waals surface area contributed by atoms with Gasteiger partial charge in [0.05, 0.1) is 16.0 Å². The van der Waals surface area contributed by atoms with E-state index in [0.717, 1.165) is 12.8 Å². The van der Waals surface area contributed by atoms with E-state index >= 15 is 0 Å². The maximum Gasteiger partial charge on any atom is 0.313 e. The normalized spacial score (nSPS) is 17.5. The minimum absolute atomic E-state index is 0.117. The van der Waals surface area contributed by atoms with Gasteiger partial charge >= 0.3 is 5.69 Å². The van der Waals surface area contributed by atoms with E-state index in [-0.39, 0.29) is 21.9 Å². The molecule has 0 N–H and O–H groups in total. The number of nitro groups is 1. The van der Waals surface area contributed by atoms with Crippen LogP contribution in [0.1, 0.15) is 12.8 Å². The highest BCUT2D eigenvalue weighted by molar-refractivity contribution is 9.10. The molecule has 1 aromatic rings. The third kappa shape index (κ3) is 4.03. The van der Waals surface area contributed by atoms with Crippen molar-refractivity contribution in [3.63, 3.8) is 0 Å². The first-order chi connectivity index (χ1) is 9.97. The van der Waals surface area contributed by atoms with Crippen LogP contribution in [-0.4, -0.2) is 30.5 Å². The summed E-state index contributed by atoms with van der Waals surface area (Å²) in [5.41, 5.74) is -0.260. The second kappa shape index (κ2) is 7.17. The average Bonchev–Trinajstić information content (AvgIpc) is 2.46. The van der Waals surface area contributed by atoms with E-state index in [1.807, 2.05) is 0 Å². The van der Waals surface area contributed by atoms with Crippen molar-refractivity contribution in [1.29, 1.82) is 0 Å². The van der Waals surface area contributed by atoms with Crippen LogP contribution in [0.5, 0.6) is 5.75 Å². The lowest BCUT2D eigenvalue weighted by Gasteiger charge is -2.35. The van der Waals surface area contributed by atoms with Gasteiger partial charge in [0.2, 0.25) is 5.75 Å². The molecule has 0 aliphatic carbocycles. The van der Waals surface area contributed by atoms with E-state index in [9.17, 15) is 10.1 Å². The number of ether oxygens (including phenoxy) is 2. The molecule has 2 rings (SSSR count). The fourth-order valence-corrected chi connectivity index (χ4v) is 3.52. The predicted molar refractivity (Wildman–Crippen MR) is 87.6 cm³/mol. The number of nitro benzene ring substituents is 1.